The molecule has 0 aliphatic carbocycles. The molecule has 0 unspecified atom stereocenters. The summed E-state index contributed by atoms with van der Waals surface area (Å²) in [6, 6.07) is 9.62. The van der Waals surface area contributed by atoms with Crippen LogP contribution in [-0.2, 0) is 22.7 Å². The summed E-state index contributed by atoms with van der Waals surface area (Å²) >= 11 is 0. The van der Waals surface area contributed by atoms with Crippen LogP contribution in [0.5, 0.6) is 11.5 Å². The van der Waals surface area contributed by atoms with Crippen molar-refractivity contribution in [1.82, 2.24) is 4.98 Å². The van der Waals surface area contributed by atoms with Gasteiger partial charge in [0.15, 0.2) is 5.75 Å². The highest BCUT2D eigenvalue weighted by atomic mass is 28.3. The standard InChI is InChI=1S/C22H27NO4Si/c1-6-25-21-9-7-18(8-10-21)15-27-22-14-23-20(16-26-17(2)24)13-19(22)11-12-28(3,4)5/h7-10,13-14H,6,15-16H2,1-5H3. The van der Waals surface area contributed by atoms with Crippen molar-refractivity contribution in [2.24, 2.45) is 0 Å². The fraction of sp³-hybridized carbons (Fsp3) is 0.364. The first-order valence-electron chi connectivity index (χ1n) is 9.27. The fourth-order valence-electron chi connectivity index (χ4n) is 2.22. The molecule has 1 aromatic heterocycles. The highest BCUT2D eigenvalue weighted by molar-refractivity contribution is 6.83. The van der Waals surface area contributed by atoms with Gasteiger partial charge >= 0.3 is 5.97 Å². The van der Waals surface area contributed by atoms with E-state index in [1.807, 2.05) is 37.3 Å². The molecule has 0 N–H and O–H groups in total. The Bertz CT molecular complexity index is 861. The van der Waals surface area contributed by atoms with Crippen LogP contribution in [0.4, 0.5) is 0 Å². The zero-order valence-electron chi connectivity index (χ0n) is 17.2. The topological polar surface area (TPSA) is 57.6 Å². The zero-order chi connectivity index (χ0) is 20.6. The Balaban J connectivity index is 2.18. The monoisotopic (exact) mass is 397 g/mol. The molecule has 5 nitrogen and oxygen atoms in total. The van der Waals surface area contributed by atoms with E-state index in [2.05, 4.69) is 36.1 Å². The number of pyridine rings is 1. The quantitative estimate of drug-likeness (QED) is 0.395. The molecule has 0 amide bonds. The number of ether oxygens (including phenoxy) is 3. The maximum absolute atomic E-state index is 11.0. The summed E-state index contributed by atoms with van der Waals surface area (Å²) in [5.41, 5.74) is 5.77. The molecule has 148 valence electrons. The number of hydrogen-bond acceptors (Lipinski definition) is 5. The summed E-state index contributed by atoms with van der Waals surface area (Å²) in [5.74, 6) is 4.34. The molecule has 0 spiro atoms. The Kier molecular flexibility index (Phi) is 7.65. The van der Waals surface area contributed by atoms with Gasteiger partial charge in [-0.15, -0.1) is 5.54 Å². The SMILES string of the molecule is CCOc1ccc(COc2cnc(COC(C)=O)cc2C#C[Si](C)(C)C)cc1. The van der Waals surface area contributed by atoms with E-state index in [0.717, 1.165) is 16.9 Å². The minimum atomic E-state index is -1.55. The van der Waals surface area contributed by atoms with Gasteiger partial charge in [-0.2, -0.15) is 0 Å². The molecule has 2 aromatic rings. The lowest BCUT2D eigenvalue weighted by Gasteiger charge is -2.11. The van der Waals surface area contributed by atoms with E-state index < -0.39 is 8.07 Å². The molecule has 28 heavy (non-hydrogen) atoms. The number of aromatic nitrogens is 1. The van der Waals surface area contributed by atoms with Crippen molar-refractivity contribution in [1.29, 1.82) is 0 Å². The highest BCUT2D eigenvalue weighted by Gasteiger charge is 2.10. The predicted octanol–water partition coefficient (Wildman–Crippen LogP) is 4.35. The maximum Gasteiger partial charge on any atom is 0.303 e. The van der Waals surface area contributed by atoms with E-state index >= 15 is 0 Å². The number of esters is 1. The van der Waals surface area contributed by atoms with E-state index in [-0.39, 0.29) is 12.6 Å². The Morgan fingerprint density at radius 2 is 1.82 bits per heavy atom. The third kappa shape index (κ3) is 7.45. The molecule has 0 radical (unpaired) electrons. The lowest BCUT2D eigenvalue weighted by Crippen LogP contribution is -2.16. The van der Waals surface area contributed by atoms with Crippen LogP contribution in [0, 0.1) is 11.5 Å². The van der Waals surface area contributed by atoms with Crippen LogP contribution in [-0.4, -0.2) is 25.6 Å². The molecule has 0 fully saturated rings. The van der Waals surface area contributed by atoms with Gasteiger partial charge in [0.1, 0.15) is 27.0 Å². The molecule has 0 aliphatic rings. The molecule has 0 saturated carbocycles. The van der Waals surface area contributed by atoms with E-state index in [1.54, 1.807) is 6.20 Å². The van der Waals surface area contributed by atoms with Gasteiger partial charge in [0.05, 0.1) is 24.1 Å². The van der Waals surface area contributed by atoms with Gasteiger partial charge in [-0.05, 0) is 30.7 Å². The summed E-state index contributed by atoms with van der Waals surface area (Å²) in [6.07, 6.45) is 1.64. The third-order valence-electron chi connectivity index (χ3n) is 3.55. The summed E-state index contributed by atoms with van der Waals surface area (Å²) in [7, 11) is -1.55. The van der Waals surface area contributed by atoms with Gasteiger partial charge in [0.2, 0.25) is 0 Å². The number of carbonyl (C=O) groups excluding carboxylic acids is 1. The summed E-state index contributed by atoms with van der Waals surface area (Å²) in [4.78, 5) is 15.4. The van der Waals surface area contributed by atoms with Crippen molar-refractivity contribution in [2.45, 2.75) is 46.7 Å². The fourth-order valence-corrected chi connectivity index (χ4v) is 2.73. The third-order valence-corrected chi connectivity index (χ3v) is 4.42. The number of rotatable bonds is 7. The van der Waals surface area contributed by atoms with Gasteiger partial charge in [0.25, 0.3) is 0 Å². The van der Waals surface area contributed by atoms with Crippen molar-refractivity contribution in [2.75, 3.05) is 6.61 Å². The first-order valence-corrected chi connectivity index (χ1v) is 12.8. The first kappa shape index (κ1) is 21.5. The van der Waals surface area contributed by atoms with Gasteiger partial charge in [-0.3, -0.25) is 9.78 Å². The number of carbonyl (C=O) groups is 1. The van der Waals surface area contributed by atoms with Crippen molar-refractivity contribution < 1.29 is 19.0 Å². The predicted molar refractivity (Wildman–Crippen MR) is 112 cm³/mol. The van der Waals surface area contributed by atoms with Crippen molar-refractivity contribution in [3.8, 4) is 23.0 Å². The van der Waals surface area contributed by atoms with Crippen molar-refractivity contribution >= 4 is 14.0 Å². The minimum absolute atomic E-state index is 0.121. The highest BCUT2D eigenvalue weighted by Crippen LogP contribution is 2.21. The van der Waals surface area contributed by atoms with Crippen LogP contribution in [0.2, 0.25) is 19.6 Å². The van der Waals surface area contributed by atoms with Crippen LogP contribution < -0.4 is 9.47 Å². The van der Waals surface area contributed by atoms with E-state index in [1.165, 1.54) is 6.92 Å². The molecule has 0 aliphatic heterocycles. The number of benzene rings is 1. The molecule has 0 saturated heterocycles. The van der Waals surface area contributed by atoms with Crippen LogP contribution >= 0.6 is 0 Å². The second kappa shape index (κ2) is 9.95. The van der Waals surface area contributed by atoms with E-state index in [9.17, 15) is 4.79 Å². The second-order valence-electron chi connectivity index (χ2n) is 7.32. The Hall–Kier alpha value is -2.78. The molecule has 1 aromatic carbocycles. The smallest absolute Gasteiger partial charge is 0.303 e. The lowest BCUT2D eigenvalue weighted by atomic mass is 10.2. The van der Waals surface area contributed by atoms with Crippen molar-refractivity contribution in [3.63, 3.8) is 0 Å². The van der Waals surface area contributed by atoms with Crippen molar-refractivity contribution in [3.05, 3.63) is 53.3 Å². The first-order chi connectivity index (χ1) is 13.3. The lowest BCUT2D eigenvalue weighted by molar-refractivity contribution is -0.142. The molecule has 0 bridgehead atoms. The molecular weight excluding hydrogens is 370 g/mol. The van der Waals surface area contributed by atoms with Gasteiger partial charge in [-0.25, -0.2) is 0 Å². The molecule has 2 rings (SSSR count). The average molecular weight is 398 g/mol. The largest absolute Gasteiger partial charge is 0.494 e. The molecule has 0 atom stereocenters. The van der Waals surface area contributed by atoms with Gasteiger partial charge in [-0.1, -0.05) is 37.7 Å². The van der Waals surface area contributed by atoms with Gasteiger partial charge in [0, 0.05) is 6.92 Å². The zero-order valence-corrected chi connectivity index (χ0v) is 18.2. The Morgan fingerprint density at radius 3 is 2.43 bits per heavy atom. The molecule has 6 heteroatoms. The summed E-state index contributed by atoms with van der Waals surface area (Å²) in [6.45, 7) is 11.0. The molecular formula is C22H27NO4Si. The second-order valence-corrected chi connectivity index (χ2v) is 12.1. The normalized spacial score (nSPS) is 10.6. The van der Waals surface area contributed by atoms with E-state index in [0.29, 0.717) is 24.7 Å². The van der Waals surface area contributed by atoms with Crippen LogP contribution in [0.25, 0.3) is 0 Å². The number of hydrogen-bond donors (Lipinski definition) is 0. The summed E-state index contributed by atoms with van der Waals surface area (Å²) < 4.78 is 16.5. The van der Waals surface area contributed by atoms with Crippen LogP contribution in [0.15, 0.2) is 36.5 Å². The minimum Gasteiger partial charge on any atom is -0.494 e. The number of nitrogens with zero attached hydrogens (tertiary/aromatic N) is 1. The maximum atomic E-state index is 11.0. The Morgan fingerprint density at radius 1 is 1.11 bits per heavy atom. The van der Waals surface area contributed by atoms with Crippen LogP contribution in [0.3, 0.4) is 0 Å². The summed E-state index contributed by atoms with van der Waals surface area (Å²) in [5, 5.41) is 0. The molecule has 1 heterocycles. The van der Waals surface area contributed by atoms with Crippen LogP contribution in [0.1, 0.15) is 30.7 Å². The average Bonchev–Trinajstić information content (AvgIpc) is 2.64. The van der Waals surface area contributed by atoms with E-state index in [4.69, 9.17) is 14.2 Å². The Labute approximate surface area is 168 Å². The van der Waals surface area contributed by atoms with Gasteiger partial charge < -0.3 is 14.2 Å².